The van der Waals surface area contributed by atoms with Gasteiger partial charge in [0, 0.05) is 20.3 Å². The molecule has 0 saturated heterocycles. The maximum Gasteiger partial charge on any atom is 0.346 e. The van der Waals surface area contributed by atoms with Crippen molar-refractivity contribution in [2.24, 2.45) is 0 Å². The molecule has 1 aromatic rings. The van der Waals surface area contributed by atoms with E-state index in [1.54, 1.807) is 6.92 Å². The monoisotopic (exact) mass is 330 g/mol. The molecule has 1 aromatic carbocycles. The third-order valence-electron chi connectivity index (χ3n) is 2.72. The quantitative estimate of drug-likeness (QED) is 0.475. The summed E-state index contributed by atoms with van der Waals surface area (Å²) < 4.78 is 36.3. The average molecular weight is 330 g/mol. The molecule has 0 N–H and O–H groups in total. The van der Waals surface area contributed by atoms with Crippen molar-refractivity contribution in [3.05, 3.63) is 11.6 Å². The number of hydrogen-bond acceptors (Lipinski definition) is 8. The van der Waals surface area contributed by atoms with E-state index >= 15 is 0 Å². The van der Waals surface area contributed by atoms with Crippen LogP contribution in [0.1, 0.15) is 17.3 Å². The Bertz CT molecular complexity index is 515. The zero-order valence-electron chi connectivity index (χ0n) is 14.0. The molecule has 0 spiro atoms. The summed E-state index contributed by atoms with van der Waals surface area (Å²) in [5.74, 6) is 0.217. The molecule has 0 aliphatic heterocycles. The summed E-state index contributed by atoms with van der Waals surface area (Å²) in [6.45, 7) is 1.78. The van der Waals surface area contributed by atoms with Crippen LogP contribution in [0.2, 0.25) is 0 Å². The lowest BCUT2D eigenvalue weighted by atomic mass is 10.1. The van der Waals surface area contributed by atoms with Gasteiger partial charge in [0.25, 0.3) is 0 Å². The summed E-state index contributed by atoms with van der Waals surface area (Å²) in [5.41, 5.74) is 0.0526. The molecule has 8 heteroatoms. The van der Waals surface area contributed by atoms with Crippen LogP contribution in [0.25, 0.3) is 0 Å². The second-order valence-corrected chi connectivity index (χ2v) is 4.14. The average Bonchev–Trinajstić information content (AvgIpc) is 2.57. The molecular formula is C15H22O8. The lowest BCUT2D eigenvalue weighted by Crippen LogP contribution is -2.13. The van der Waals surface area contributed by atoms with Gasteiger partial charge in [0.05, 0.1) is 20.8 Å². The minimum atomic E-state index is -0.628. The Kier molecular flexibility index (Phi) is 8.00. The number of methoxy groups -OCH3 is 4. The standard InChI is InChI=1S/C15H22O8/c1-6-21-15(16)12-13(20-5)11(22-8-17-2)7-10(19-4)14(12)23-9-18-3/h7H,6,8-9H2,1-5H3. The fourth-order valence-electron chi connectivity index (χ4n) is 1.83. The largest absolute Gasteiger partial charge is 0.493 e. The van der Waals surface area contributed by atoms with E-state index < -0.39 is 5.97 Å². The van der Waals surface area contributed by atoms with Gasteiger partial charge in [0.2, 0.25) is 0 Å². The van der Waals surface area contributed by atoms with Crippen LogP contribution in [0.15, 0.2) is 6.07 Å². The number of carbonyl (C=O) groups excluding carboxylic acids is 1. The van der Waals surface area contributed by atoms with E-state index in [1.165, 1.54) is 34.5 Å². The van der Waals surface area contributed by atoms with Crippen molar-refractivity contribution in [2.75, 3.05) is 48.6 Å². The third-order valence-corrected chi connectivity index (χ3v) is 2.72. The predicted octanol–water partition coefficient (Wildman–Crippen LogP) is 1.85. The van der Waals surface area contributed by atoms with E-state index in [2.05, 4.69) is 0 Å². The predicted molar refractivity (Wildman–Crippen MR) is 80.5 cm³/mol. The summed E-state index contributed by atoms with van der Waals surface area (Å²) >= 11 is 0. The molecule has 0 amide bonds. The SMILES string of the molecule is CCOC(=O)c1c(OC)c(OCOC)cc(OC)c1OCOC. The van der Waals surface area contributed by atoms with Gasteiger partial charge in [0.15, 0.2) is 42.1 Å². The van der Waals surface area contributed by atoms with Crippen molar-refractivity contribution >= 4 is 5.97 Å². The smallest absolute Gasteiger partial charge is 0.346 e. The van der Waals surface area contributed by atoms with E-state index in [0.29, 0.717) is 0 Å². The Morgan fingerprint density at radius 2 is 1.57 bits per heavy atom. The van der Waals surface area contributed by atoms with Gasteiger partial charge in [-0.1, -0.05) is 0 Å². The van der Waals surface area contributed by atoms with Crippen molar-refractivity contribution in [3.63, 3.8) is 0 Å². The fraction of sp³-hybridized carbons (Fsp3) is 0.533. The Morgan fingerprint density at radius 3 is 2.09 bits per heavy atom. The van der Waals surface area contributed by atoms with Crippen LogP contribution in [0.3, 0.4) is 0 Å². The minimum absolute atomic E-state index is 0.0277. The molecular weight excluding hydrogens is 308 g/mol. The highest BCUT2D eigenvalue weighted by molar-refractivity contribution is 5.98. The van der Waals surface area contributed by atoms with Crippen molar-refractivity contribution in [1.29, 1.82) is 0 Å². The van der Waals surface area contributed by atoms with E-state index in [9.17, 15) is 4.79 Å². The summed E-state index contributed by atoms with van der Waals surface area (Å²) in [5, 5.41) is 0. The second-order valence-electron chi connectivity index (χ2n) is 4.14. The van der Waals surface area contributed by atoms with Crippen LogP contribution < -0.4 is 18.9 Å². The highest BCUT2D eigenvalue weighted by Crippen LogP contribution is 2.45. The molecule has 0 aliphatic rings. The van der Waals surface area contributed by atoms with Gasteiger partial charge in [-0.3, -0.25) is 0 Å². The summed E-state index contributed by atoms with van der Waals surface area (Å²) in [7, 11) is 5.79. The Hall–Kier alpha value is -2.19. The van der Waals surface area contributed by atoms with Crippen LogP contribution >= 0.6 is 0 Å². The number of carbonyl (C=O) groups is 1. The van der Waals surface area contributed by atoms with E-state index in [0.717, 1.165) is 0 Å². The van der Waals surface area contributed by atoms with Gasteiger partial charge in [0.1, 0.15) is 0 Å². The first-order valence-corrected chi connectivity index (χ1v) is 6.84. The van der Waals surface area contributed by atoms with Gasteiger partial charge in [-0.2, -0.15) is 0 Å². The third kappa shape index (κ3) is 4.64. The molecule has 8 nitrogen and oxygen atoms in total. The first-order chi connectivity index (χ1) is 11.1. The lowest BCUT2D eigenvalue weighted by molar-refractivity contribution is 0.0392. The highest BCUT2D eigenvalue weighted by atomic mass is 16.7. The van der Waals surface area contributed by atoms with Gasteiger partial charge < -0.3 is 33.2 Å². The first kappa shape index (κ1) is 18.9. The Labute approximate surface area is 135 Å². The fourth-order valence-corrected chi connectivity index (χ4v) is 1.83. The topological polar surface area (TPSA) is 81.7 Å². The van der Waals surface area contributed by atoms with Crippen LogP contribution in [-0.4, -0.2) is 54.6 Å². The van der Waals surface area contributed by atoms with Crippen LogP contribution in [0.4, 0.5) is 0 Å². The Morgan fingerprint density at radius 1 is 0.913 bits per heavy atom. The zero-order chi connectivity index (χ0) is 17.2. The van der Waals surface area contributed by atoms with Crippen molar-refractivity contribution in [2.45, 2.75) is 6.92 Å². The molecule has 0 fully saturated rings. The van der Waals surface area contributed by atoms with Crippen LogP contribution in [0, 0.1) is 0 Å². The molecule has 0 aromatic heterocycles. The number of ether oxygens (including phenoxy) is 7. The van der Waals surface area contributed by atoms with Gasteiger partial charge in [-0.05, 0) is 6.92 Å². The van der Waals surface area contributed by atoms with Crippen molar-refractivity contribution in [1.82, 2.24) is 0 Å². The molecule has 0 atom stereocenters. The minimum Gasteiger partial charge on any atom is -0.493 e. The van der Waals surface area contributed by atoms with Crippen molar-refractivity contribution < 1.29 is 38.0 Å². The summed E-state index contributed by atoms with van der Waals surface area (Å²) in [6, 6.07) is 1.53. The summed E-state index contributed by atoms with van der Waals surface area (Å²) in [4.78, 5) is 12.3. The maximum absolute atomic E-state index is 12.3. The first-order valence-electron chi connectivity index (χ1n) is 6.84. The number of benzene rings is 1. The summed E-state index contributed by atoms with van der Waals surface area (Å²) in [6.07, 6.45) is 0. The molecule has 0 unspecified atom stereocenters. The second kappa shape index (κ2) is 9.75. The molecule has 0 saturated carbocycles. The molecule has 23 heavy (non-hydrogen) atoms. The molecule has 130 valence electrons. The molecule has 0 bridgehead atoms. The van der Waals surface area contributed by atoms with Gasteiger partial charge in [-0.25, -0.2) is 4.79 Å². The zero-order valence-corrected chi connectivity index (χ0v) is 14.0. The van der Waals surface area contributed by atoms with E-state index in [-0.39, 0.29) is 48.8 Å². The lowest BCUT2D eigenvalue weighted by Gasteiger charge is -2.19. The van der Waals surface area contributed by atoms with Crippen molar-refractivity contribution in [3.8, 4) is 23.0 Å². The number of esters is 1. The van der Waals surface area contributed by atoms with Crippen LogP contribution in [0.5, 0.6) is 23.0 Å². The molecule has 0 radical (unpaired) electrons. The normalized spacial score (nSPS) is 10.1. The van der Waals surface area contributed by atoms with Gasteiger partial charge >= 0.3 is 5.97 Å². The van der Waals surface area contributed by atoms with E-state index in [4.69, 9.17) is 33.2 Å². The Balaban J connectivity index is 3.48. The maximum atomic E-state index is 12.3. The van der Waals surface area contributed by atoms with Crippen LogP contribution in [-0.2, 0) is 14.2 Å². The number of hydrogen-bond donors (Lipinski definition) is 0. The molecule has 0 heterocycles. The van der Waals surface area contributed by atoms with E-state index in [1.807, 2.05) is 0 Å². The number of rotatable bonds is 10. The molecule has 1 rings (SSSR count). The van der Waals surface area contributed by atoms with Gasteiger partial charge in [-0.15, -0.1) is 0 Å². The molecule has 0 aliphatic carbocycles. The highest BCUT2D eigenvalue weighted by Gasteiger charge is 2.28.